The molecule has 9 heteroatoms. The fraction of sp³-hybridized carbons (Fsp3) is 0.273. The van der Waals surface area contributed by atoms with Gasteiger partial charge in [-0.2, -0.15) is 0 Å². The number of benzene rings is 3. The number of carbonyl (C=O) groups is 4. The van der Waals surface area contributed by atoms with Gasteiger partial charge in [0.2, 0.25) is 12.3 Å². The number of amides is 2. The third-order valence-corrected chi connectivity index (χ3v) is 6.44. The van der Waals surface area contributed by atoms with Crippen molar-refractivity contribution >= 4 is 35.3 Å². The minimum Gasteiger partial charge on any atom is -0.459 e. The summed E-state index contributed by atoms with van der Waals surface area (Å²) >= 11 is 0. The Balaban J connectivity index is 1.62. The minimum absolute atomic E-state index is 0.0593. The van der Waals surface area contributed by atoms with Crippen molar-refractivity contribution in [1.82, 2.24) is 14.8 Å². The van der Waals surface area contributed by atoms with E-state index in [0.717, 1.165) is 16.5 Å². The molecule has 218 valence electrons. The van der Waals surface area contributed by atoms with Crippen LogP contribution in [0, 0.1) is 0 Å². The molecule has 1 aromatic heterocycles. The third kappa shape index (κ3) is 8.30. The first-order chi connectivity index (χ1) is 20.1. The normalized spacial score (nSPS) is 11.9. The molecule has 0 spiro atoms. The van der Waals surface area contributed by atoms with Crippen molar-refractivity contribution < 1.29 is 28.7 Å². The van der Waals surface area contributed by atoms with E-state index in [1.54, 1.807) is 33.0 Å². The van der Waals surface area contributed by atoms with Gasteiger partial charge in [0.1, 0.15) is 24.8 Å². The van der Waals surface area contributed by atoms with Gasteiger partial charge in [-0.15, -0.1) is 0 Å². The smallest absolute Gasteiger partial charge is 0.408 e. The molecule has 0 radical (unpaired) electrons. The first-order valence-electron chi connectivity index (χ1n) is 13.7. The fourth-order valence-electron chi connectivity index (χ4n) is 4.57. The van der Waals surface area contributed by atoms with E-state index < -0.39 is 29.6 Å². The number of para-hydroxylation sites is 1. The number of fused-ring (bicyclic) bond motifs is 1. The van der Waals surface area contributed by atoms with E-state index >= 15 is 0 Å². The monoisotopic (exact) mass is 569 g/mol. The molecule has 0 saturated heterocycles. The fourth-order valence-corrected chi connectivity index (χ4v) is 4.57. The second-order valence-electron chi connectivity index (χ2n) is 10.9. The Morgan fingerprint density at radius 3 is 2.17 bits per heavy atom. The summed E-state index contributed by atoms with van der Waals surface area (Å²) in [6.45, 7) is 5.03. The van der Waals surface area contributed by atoms with Crippen LogP contribution >= 0.6 is 0 Å². The molecule has 4 aromatic rings. The van der Waals surface area contributed by atoms with Crippen LogP contribution in [0.15, 0.2) is 91.1 Å². The van der Waals surface area contributed by atoms with E-state index in [2.05, 4.69) is 5.32 Å². The van der Waals surface area contributed by atoms with Crippen LogP contribution in [-0.2, 0) is 43.4 Å². The summed E-state index contributed by atoms with van der Waals surface area (Å²) in [5, 5.41) is 3.48. The maximum absolute atomic E-state index is 14.1. The predicted octanol–water partition coefficient (Wildman–Crippen LogP) is 4.89. The number of hydrogen-bond acceptors (Lipinski definition) is 6. The topological polar surface area (TPSA) is 107 Å². The second kappa shape index (κ2) is 13.6. The van der Waals surface area contributed by atoms with Crippen molar-refractivity contribution in [3.63, 3.8) is 0 Å². The molecule has 0 bridgehead atoms. The number of esters is 1. The van der Waals surface area contributed by atoms with E-state index in [9.17, 15) is 19.2 Å². The number of alkyl carbamates (subject to hydrolysis) is 1. The van der Waals surface area contributed by atoms with E-state index in [-0.39, 0.29) is 26.1 Å². The quantitative estimate of drug-likeness (QED) is 0.204. The van der Waals surface area contributed by atoms with Crippen LogP contribution in [0.2, 0.25) is 0 Å². The van der Waals surface area contributed by atoms with E-state index in [1.165, 1.54) is 9.47 Å². The van der Waals surface area contributed by atoms with Gasteiger partial charge in [0.05, 0.1) is 5.52 Å². The summed E-state index contributed by atoms with van der Waals surface area (Å²) in [5.74, 6) is -1.08. The predicted molar refractivity (Wildman–Crippen MR) is 159 cm³/mol. The van der Waals surface area contributed by atoms with Crippen LogP contribution in [0.5, 0.6) is 0 Å². The molecule has 0 aliphatic heterocycles. The lowest BCUT2D eigenvalue weighted by Gasteiger charge is -2.28. The molecule has 3 aromatic carbocycles. The minimum atomic E-state index is -1.10. The molecule has 0 aliphatic rings. The van der Waals surface area contributed by atoms with Gasteiger partial charge in [-0.25, -0.2) is 4.79 Å². The maximum Gasteiger partial charge on any atom is 0.408 e. The summed E-state index contributed by atoms with van der Waals surface area (Å²) < 4.78 is 12.4. The number of ether oxygens (including phenoxy) is 2. The molecular formula is C33H35N3O6. The van der Waals surface area contributed by atoms with Gasteiger partial charge in [0.25, 0.3) is 0 Å². The van der Waals surface area contributed by atoms with Crippen LogP contribution in [0.3, 0.4) is 0 Å². The molecule has 42 heavy (non-hydrogen) atoms. The summed E-state index contributed by atoms with van der Waals surface area (Å²) in [5.41, 5.74) is 2.18. The average molecular weight is 570 g/mol. The lowest BCUT2D eigenvalue weighted by molar-refractivity contribution is -0.151. The van der Waals surface area contributed by atoms with Crippen LogP contribution in [0.25, 0.3) is 10.9 Å². The molecule has 0 saturated carbocycles. The summed E-state index contributed by atoms with van der Waals surface area (Å²) in [6.07, 6.45) is 1.62. The van der Waals surface area contributed by atoms with E-state index in [0.29, 0.717) is 17.5 Å². The van der Waals surface area contributed by atoms with Crippen molar-refractivity contribution in [2.75, 3.05) is 6.54 Å². The van der Waals surface area contributed by atoms with Crippen LogP contribution < -0.4 is 5.32 Å². The SMILES string of the molecule is CC(C)(C)OC(=O)N[C@H](Cc1cn(C=O)c2ccccc12)C(=O)N(CC(=O)OCc1ccccc1)Cc1ccccc1. The van der Waals surface area contributed by atoms with Crippen molar-refractivity contribution in [1.29, 1.82) is 0 Å². The number of nitrogens with one attached hydrogen (secondary N) is 1. The summed E-state index contributed by atoms with van der Waals surface area (Å²) in [6, 6.07) is 24.7. The Hall–Kier alpha value is -4.92. The Morgan fingerprint density at radius 1 is 0.905 bits per heavy atom. The van der Waals surface area contributed by atoms with E-state index in [1.807, 2.05) is 78.9 Å². The van der Waals surface area contributed by atoms with Gasteiger partial charge in [0, 0.05) is 24.5 Å². The highest BCUT2D eigenvalue weighted by Gasteiger charge is 2.31. The number of hydrogen-bond donors (Lipinski definition) is 1. The highest BCUT2D eigenvalue weighted by molar-refractivity contribution is 5.92. The van der Waals surface area contributed by atoms with Crippen molar-refractivity contribution in [3.05, 3.63) is 108 Å². The summed E-state index contributed by atoms with van der Waals surface area (Å²) in [4.78, 5) is 53.1. The zero-order chi connectivity index (χ0) is 30.1. The molecular weight excluding hydrogens is 534 g/mol. The number of carbonyl (C=O) groups excluding carboxylic acids is 4. The molecule has 1 N–H and O–H groups in total. The average Bonchev–Trinajstić information content (AvgIpc) is 3.32. The Labute approximate surface area is 245 Å². The summed E-state index contributed by atoms with van der Waals surface area (Å²) in [7, 11) is 0. The van der Waals surface area contributed by atoms with Gasteiger partial charge in [-0.3, -0.25) is 19.0 Å². The van der Waals surface area contributed by atoms with Gasteiger partial charge < -0.3 is 19.7 Å². The number of rotatable bonds is 11. The molecule has 0 unspecified atom stereocenters. The standard InChI is InChI=1S/C33H35N3O6/c1-33(2,3)42-32(40)34-28(18-26-20-36(23-37)29-17-11-10-16-27(26)29)31(39)35(19-24-12-6-4-7-13-24)21-30(38)41-22-25-14-8-5-9-15-25/h4-17,20,23,28H,18-19,21-22H2,1-3H3,(H,34,40)/t28-/m1/s1. The van der Waals surface area contributed by atoms with Crippen molar-refractivity contribution in [3.8, 4) is 0 Å². The maximum atomic E-state index is 14.1. The highest BCUT2D eigenvalue weighted by atomic mass is 16.6. The van der Waals surface area contributed by atoms with E-state index in [4.69, 9.17) is 9.47 Å². The van der Waals surface area contributed by atoms with Gasteiger partial charge in [-0.05, 0) is 43.5 Å². The molecule has 9 nitrogen and oxygen atoms in total. The Bertz CT molecular complexity index is 1530. The van der Waals surface area contributed by atoms with Gasteiger partial charge in [-0.1, -0.05) is 78.9 Å². The Morgan fingerprint density at radius 2 is 1.52 bits per heavy atom. The molecule has 4 rings (SSSR count). The van der Waals surface area contributed by atoms with Crippen LogP contribution in [-0.4, -0.2) is 52.0 Å². The molecule has 1 atom stereocenters. The zero-order valence-corrected chi connectivity index (χ0v) is 24.0. The molecule has 1 heterocycles. The first kappa shape index (κ1) is 30.0. The Kier molecular flexibility index (Phi) is 9.75. The van der Waals surface area contributed by atoms with Crippen LogP contribution in [0.1, 0.15) is 37.5 Å². The number of aromatic nitrogens is 1. The molecule has 0 fully saturated rings. The number of nitrogens with zero attached hydrogens (tertiary/aromatic N) is 2. The zero-order valence-electron chi connectivity index (χ0n) is 24.0. The largest absolute Gasteiger partial charge is 0.459 e. The van der Waals surface area contributed by atoms with Crippen molar-refractivity contribution in [2.24, 2.45) is 0 Å². The lowest BCUT2D eigenvalue weighted by atomic mass is 10.0. The first-order valence-corrected chi connectivity index (χ1v) is 13.7. The third-order valence-electron chi connectivity index (χ3n) is 6.44. The van der Waals surface area contributed by atoms with Crippen LogP contribution in [0.4, 0.5) is 4.79 Å². The highest BCUT2D eigenvalue weighted by Crippen LogP contribution is 2.23. The van der Waals surface area contributed by atoms with Crippen molar-refractivity contribution in [2.45, 2.75) is 52.0 Å². The second-order valence-corrected chi connectivity index (χ2v) is 10.9. The van der Waals surface area contributed by atoms with Gasteiger partial charge in [0.15, 0.2) is 0 Å². The molecule has 0 aliphatic carbocycles. The lowest BCUT2D eigenvalue weighted by Crippen LogP contribution is -2.51. The molecule has 2 amide bonds. The van der Waals surface area contributed by atoms with Gasteiger partial charge >= 0.3 is 12.1 Å².